The zero-order valence-electron chi connectivity index (χ0n) is 12.4. The standard InChI is InChI=1S/C16H17N3O2S/c1-3-21-13-9-7-12(8-10-13)15(20)19-16(22)18-14-6-4-5-11(2)17-14/h4-10H,3H2,1-2H3,(H2,17,18,19,20,22). The van der Waals surface area contributed by atoms with Crippen LogP contribution in [-0.4, -0.2) is 22.6 Å². The van der Waals surface area contributed by atoms with Crippen LogP contribution in [0.1, 0.15) is 23.0 Å². The van der Waals surface area contributed by atoms with Gasteiger partial charge >= 0.3 is 0 Å². The highest BCUT2D eigenvalue weighted by Gasteiger charge is 2.08. The van der Waals surface area contributed by atoms with Crippen LogP contribution in [0.25, 0.3) is 0 Å². The molecule has 0 atom stereocenters. The van der Waals surface area contributed by atoms with Crippen LogP contribution >= 0.6 is 12.2 Å². The van der Waals surface area contributed by atoms with E-state index < -0.39 is 0 Å². The van der Waals surface area contributed by atoms with Gasteiger partial charge in [0.15, 0.2) is 5.11 Å². The smallest absolute Gasteiger partial charge is 0.257 e. The normalized spacial score (nSPS) is 9.91. The zero-order chi connectivity index (χ0) is 15.9. The largest absolute Gasteiger partial charge is 0.494 e. The molecule has 0 fully saturated rings. The molecular weight excluding hydrogens is 298 g/mol. The van der Waals surface area contributed by atoms with Gasteiger partial charge in [0, 0.05) is 11.3 Å². The maximum Gasteiger partial charge on any atom is 0.257 e. The van der Waals surface area contributed by atoms with Crippen molar-refractivity contribution in [2.24, 2.45) is 0 Å². The minimum absolute atomic E-state index is 0.206. The van der Waals surface area contributed by atoms with Crippen LogP contribution in [0.3, 0.4) is 0 Å². The molecule has 0 spiro atoms. The number of aryl methyl sites for hydroxylation is 1. The second-order valence-corrected chi connectivity index (χ2v) is 4.94. The lowest BCUT2D eigenvalue weighted by molar-refractivity contribution is 0.0977. The quantitative estimate of drug-likeness (QED) is 0.849. The van der Waals surface area contributed by atoms with Crippen molar-refractivity contribution >= 4 is 29.1 Å². The molecule has 114 valence electrons. The lowest BCUT2D eigenvalue weighted by Gasteiger charge is -2.09. The van der Waals surface area contributed by atoms with Gasteiger partial charge in [0.05, 0.1) is 6.61 Å². The number of hydrogen-bond donors (Lipinski definition) is 2. The monoisotopic (exact) mass is 315 g/mol. The van der Waals surface area contributed by atoms with E-state index in [1.165, 1.54) is 0 Å². The van der Waals surface area contributed by atoms with Gasteiger partial charge in [-0.1, -0.05) is 6.07 Å². The molecule has 2 rings (SSSR count). The minimum Gasteiger partial charge on any atom is -0.494 e. The molecule has 22 heavy (non-hydrogen) atoms. The summed E-state index contributed by atoms with van der Waals surface area (Å²) in [6.07, 6.45) is 0. The summed E-state index contributed by atoms with van der Waals surface area (Å²) >= 11 is 5.12. The molecule has 1 amide bonds. The van der Waals surface area contributed by atoms with Crippen LogP contribution in [0.5, 0.6) is 5.75 Å². The minimum atomic E-state index is -0.284. The van der Waals surface area contributed by atoms with Gasteiger partial charge in [0.2, 0.25) is 0 Å². The molecule has 0 radical (unpaired) electrons. The Morgan fingerprint density at radius 2 is 1.95 bits per heavy atom. The molecular formula is C16H17N3O2S. The van der Waals surface area contributed by atoms with E-state index in [2.05, 4.69) is 15.6 Å². The van der Waals surface area contributed by atoms with Crippen molar-refractivity contribution in [1.82, 2.24) is 10.3 Å². The summed E-state index contributed by atoms with van der Waals surface area (Å²) in [6, 6.07) is 12.4. The first kappa shape index (κ1) is 15.9. The summed E-state index contributed by atoms with van der Waals surface area (Å²) in [4.78, 5) is 16.3. The predicted molar refractivity (Wildman–Crippen MR) is 90.3 cm³/mol. The molecule has 2 aromatic rings. The number of carbonyl (C=O) groups is 1. The number of pyridine rings is 1. The number of nitrogens with zero attached hydrogens (tertiary/aromatic N) is 1. The van der Waals surface area contributed by atoms with Crippen molar-refractivity contribution < 1.29 is 9.53 Å². The predicted octanol–water partition coefficient (Wildman–Crippen LogP) is 2.92. The molecule has 0 aliphatic rings. The number of ether oxygens (including phenoxy) is 1. The van der Waals surface area contributed by atoms with Gasteiger partial charge in [-0.3, -0.25) is 10.1 Å². The van der Waals surface area contributed by atoms with Crippen LogP contribution in [0, 0.1) is 6.92 Å². The van der Waals surface area contributed by atoms with Crippen LogP contribution in [-0.2, 0) is 0 Å². The second-order valence-electron chi connectivity index (χ2n) is 4.53. The SMILES string of the molecule is CCOc1ccc(C(=O)NC(=S)Nc2cccc(C)n2)cc1. The number of nitrogens with one attached hydrogen (secondary N) is 2. The number of benzene rings is 1. The van der Waals surface area contributed by atoms with E-state index in [1.54, 1.807) is 30.3 Å². The van der Waals surface area contributed by atoms with Crippen molar-refractivity contribution in [1.29, 1.82) is 0 Å². The number of carbonyl (C=O) groups excluding carboxylic acids is 1. The van der Waals surface area contributed by atoms with E-state index in [0.29, 0.717) is 18.0 Å². The maximum atomic E-state index is 12.1. The summed E-state index contributed by atoms with van der Waals surface area (Å²) in [7, 11) is 0. The molecule has 1 aromatic carbocycles. The molecule has 1 heterocycles. The van der Waals surface area contributed by atoms with Crippen molar-refractivity contribution in [2.75, 3.05) is 11.9 Å². The van der Waals surface area contributed by atoms with E-state index >= 15 is 0 Å². The summed E-state index contributed by atoms with van der Waals surface area (Å²) in [5.74, 6) is 1.04. The Kier molecular flexibility index (Phi) is 5.43. The van der Waals surface area contributed by atoms with Crippen LogP contribution < -0.4 is 15.4 Å². The van der Waals surface area contributed by atoms with E-state index in [9.17, 15) is 4.79 Å². The molecule has 0 bridgehead atoms. The van der Waals surface area contributed by atoms with Crippen molar-refractivity contribution in [3.63, 3.8) is 0 Å². The number of hydrogen-bond acceptors (Lipinski definition) is 4. The van der Waals surface area contributed by atoms with E-state index in [0.717, 1.165) is 11.4 Å². The molecule has 2 N–H and O–H groups in total. The van der Waals surface area contributed by atoms with Crippen LogP contribution in [0.4, 0.5) is 5.82 Å². The van der Waals surface area contributed by atoms with Gasteiger partial charge in [0.1, 0.15) is 11.6 Å². The Labute approximate surface area is 134 Å². The fraction of sp³-hybridized carbons (Fsp3) is 0.188. The van der Waals surface area contributed by atoms with Crippen molar-refractivity contribution in [2.45, 2.75) is 13.8 Å². The van der Waals surface area contributed by atoms with Crippen LogP contribution in [0.2, 0.25) is 0 Å². The van der Waals surface area contributed by atoms with E-state index in [1.807, 2.05) is 26.0 Å². The summed E-state index contributed by atoms with van der Waals surface area (Å²) < 4.78 is 5.33. The molecule has 0 saturated heterocycles. The number of amides is 1. The van der Waals surface area contributed by atoms with Gasteiger partial charge < -0.3 is 10.1 Å². The third kappa shape index (κ3) is 4.53. The van der Waals surface area contributed by atoms with E-state index in [4.69, 9.17) is 17.0 Å². The number of aromatic nitrogens is 1. The Bertz CT molecular complexity index is 671. The molecule has 0 aliphatic carbocycles. The maximum absolute atomic E-state index is 12.1. The fourth-order valence-corrected chi connectivity index (χ4v) is 2.00. The number of thiocarbonyl (C=S) groups is 1. The number of anilines is 1. The third-order valence-electron chi connectivity index (χ3n) is 2.78. The van der Waals surface area contributed by atoms with Gasteiger partial charge in [0.25, 0.3) is 5.91 Å². The lowest BCUT2D eigenvalue weighted by Crippen LogP contribution is -2.34. The molecule has 0 unspecified atom stereocenters. The lowest BCUT2D eigenvalue weighted by atomic mass is 10.2. The van der Waals surface area contributed by atoms with Gasteiger partial charge in [-0.15, -0.1) is 0 Å². The number of rotatable bonds is 4. The Morgan fingerprint density at radius 3 is 2.59 bits per heavy atom. The van der Waals surface area contributed by atoms with Crippen molar-refractivity contribution in [3.8, 4) is 5.75 Å². The molecule has 0 saturated carbocycles. The Balaban J connectivity index is 1.94. The summed E-state index contributed by atoms with van der Waals surface area (Å²) in [6.45, 7) is 4.37. The first-order valence-electron chi connectivity index (χ1n) is 6.87. The topological polar surface area (TPSA) is 63.2 Å². The van der Waals surface area contributed by atoms with Gasteiger partial charge in [-0.05, 0) is 62.5 Å². The molecule has 5 nitrogen and oxygen atoms in total. The zero-order valence-corrected chi connectivity index (χ0v) is 13.2. The second kappa shape index (κ2) is 7.51. The summed E-state index contributed by atoms with van der Waals surface area (Å²) in [5.41, 5.74) is 1.37. The highest BCUT2D eigenvalue weighted by molar-refractivity contribution is 7.80. The Hall–Kier alpha value is -2.47. The fourth-order valence-electron chi connectivity index (χ4n) is 1.80. The van der Waals surface area contributed by atoms with Gasteiger partial charge in [-0.2, -0.15) is 0 Å². The average molecular weight is 315 g/mol. The summed E-state index contributed by atoms with van der Waals surface area (Å²) in [5, 5.41) is 5.70. The molecule has 1 aromatic heterocycles. The van der Waals surface area contributed by atoms with Gasteiger partial charge in [-0.25, -0.2) is 4.98 Å². The molecule has 0 aliphatic heterocycles. The van der Waals surface area contributed by atoms with E-state index in [-0.39, 0.29) is 11.0 Å². The first-order valence-corrected chi connectivity index (χ1v) is 7.28. The average Bonchev–Trinajstić information content (AvgIpc) is 2.48. The highest BCUT2D eigenvalue weighted by atomic mass is 32.1. The highest BCUT2D eigenvalue weighted by Crippen LogP contribution is 2.12. The molecule has 6 heteroatoms. The van der Waals surface area contributed by atoms with Crippen LogP contribution in [0.15, 0.2) is 42.5 Å². The Morgan fingerprint density at radius 1 is 1.23 bits per heavy atom. The third-order valence-corrected chi connectivity index (χ3v) is 2.99. The first-order chi connectivity index (χ1) is 10.6. The van der Waals surface area contributed by atoms with Crippen molar-refractivity contribution in [3.05, 3.63) is 53.7 Å².